The van der Waals surface area contributed by atoms with Crippen molar-refractivity contribution < 1.29 is 4.42 Å². The van der Waals surface area contributed by atoms with Crippen LogP contribution in [-0.4, -0.2) is 23.9 Å². The number of unbranched alkanes of at least 4 members (excludes halogenated alkanes) is 2. The van der Waals surface area contributed by atoms with Crippen molar-refractivity contribution in [2.75, 3.05) is 23.8 Å². The van der Waals surface area contributed by atoms with E-state index in [1.54, 1.807) is 0 Å². The highest BCUT2D eigenvalue weighted by molar-refractivity contribution is 9.09. The van der Waals surface area contributed by atoms with E-state index in [0.29, 0.717) is 6.01 Å². The van der Waals surface area contributed by atoms with Crippen LogP contribution in [0.15, 0.2) is 28.7 Å². The van der Waals surface area contributed by atoms with Gasteiger partial charge in [-0.2, -0.15) is 4.98 Å². The number of nitrogens with zero attached hydrogens (tertiary/aromatic N) is 2. The summed E-state index contributed by atoms with van der Waals surface area (Å²) in [5.41, 5.74) is 1.78. The highest BCUT2D eigenvalue weighted by Crippen LogP contribution is 2.20. The fourth-order valence-corrected chi connectivity index (χ4v) is 2.14. The van der Waals surface area contributed by atoms with Gasteiger partial charge in [-0.05, 0) is 25.0 Å². The van der Waals surface area contributed by atoms with Crippen molar-refractivity contribution in [1.82, 2.24) is 4.98 Å². The van der Waals surface area contributed by atoms with Gasteiger partial charge in [0.15, 0.2) is 5.58 Å². The van der Waals surface area contributed by atoms with E-state index in [-0.39, 0.29) is 0 Å². The van der Waals surface area contributed by atoms with Crippen LogP contribution in [0.4, 0.5) is 6.01 Å². The normalized spacial score (nSPS) is 10.9. The topological polar surface area (TPSA) is 29.3 Å². The Morgan fingerprint density at radius 1 is 1.24 bits per heavy atom. The quantitative estimate of drug-likeness (QED) is 0.599. The Morgan fingerprint density at radius 3 is 2.82 bits per heavy atom. The van der Waals surface area contributed by atoms with Gasteiger partial charge in [-0.1, -0.05) is 34.5 Å². The number of aromatic nitrogens is 1. The molecule has 0 unspecified atom stereocenters. The summed E-state index contributed by atoms with van der Waals surface area (Å²) in [6, 6.07) is 8.58. The molecule has 3 nitrogen and oxygen atoms in total. The molecule has 2 aromatic rings. The number of anilines is 1. The van der Waals surface area contributed by atoms with Gasteiger partial charge in [0.25, 0.3) is 6.01 Å². The SMILES string of the molecule is CN(CCCCCBr)c1nc2ccccc2o1. The average molecular weight is 297 g/mol. The molecule has 0 N–H and O–H groups in total. The molecule has 0 aliphatic carbocycles. The highest BCUT2D eigenvalue weighted by atomic mass is 79.9. The van der Waals surface area contributed by atoms with E-state index in [1.165, 1.54) is 19.3 Å². The minimum absolute atomic E-state index is 0.713. The molecule has 0 fully saturated rings. The lowest BCUT2D eigenvalue weighted by Crippen LogP contribution is -2.18. The number of rotatable bonds is 6. The number of oxazole rings is 1. The molecule has 0 saturated carbocycles. The Kier molecular flexibility index (Phi) is 4.42. The lowest BCUT2D eigenvalue weighted by molar-refractivity contribution is 0.573. The lowest BCUT2D eigenvalue weighted by Gasteiger charge is -2.13. The first kappa shape index (κ1) is 12.4. The Balaban J connectivity index is 1.96. The molecule has 92 valence electrons. The van der Waals surface area contributed by atoms with E-state index in [4.69, 9.17) is 4.42 Å². The number of hydrogen-bond donors (Lipinski definition) is 0. The summed E-state index contributed by atoms with van der Waals surface area (Å²) in [6.45, 7) is 0.986. The first-order valence-electron chi connectivity index (χ1n) is 5.94. The van der Waals surface area contributed by atoms with Crippen LogP contribution in [0.25, 0.3) is 11.1 Å². The second kappa shape index (κ2) is 6.05. The zero-order chi connectivity index (χ0) is 12.1. The van der Waals surface area contributed by atoms with Gasteiger partial charge in [0.05, 0.1) is 0 Å². The van der Waals surface area contributed by atoms with Gasteiger partial charge >= 0.3 is 0 Å². The second-order valence-corrected chi connectivity index (χ2v) is 4.93. The molecule has 0 aliphatic rings. The Bertz CT molecular complexity index is 436. The second-order valence-electron chi connectivity index (χ2n) is 4.14. The van der Waals surface area contributed by atoms with Crippen LogP contribution < -0.4 is 4.90 Å². The summed E-state index contributed by atoms with van der Waals surface area (Å²) >= 11 is 3.44. The van der Waals surface area contributed by atoms with Crippen LogP contribution in [0.3, 0.4) is 0 Å². The lowest BCUT2D eigenvalue weighted by atomic mass is 10.2. The van der Waals surface area contributed by atoms with Gasteiger partial charge in [0.2, 0.25) is 0 Å². The third-order valence-corrected chi connectivity index (χ3v) is 3.30. The molecule has 1 aromatic heterocycles. The van der Waals surface area contributed by atoms with Crippen LogP contribution in [0.1, 0.15) is 19.3 Å². The van der Waals surface area contributed by atoms with Gasteiger partial charge in [-0.15, -0.1) is 0 Å². The van der Waals surface area contributed by atoms with Crippen molar-refractivity contribution in [2.24, 2.45) is 0 Å². The molecule has 17 heavy (non-hydrogen) atoms. The Labute approximate surface area is 110 Å². The van der Waals surface area contributed by atoms with Crippen molar-refractivity contribution >= 4 is 33.0 Å². The largest absolute Gasteiger partial charge is 0.423 e. The van der Waals surface area contributed by atoms with E-state index in [2.05, 4.69) is 25.8 Å². The van der Waals surface area contributed by atoms with Crippen molar-refractivity contribution in [3.63, 3.8) is 0 Å². The number of alkyl halides is 1. The van der Waals surface area contributed by atoms with Crippen molar-refractivity contribution in [3.05, 3.63) is 24.3 Å². The monoisotopic (exact) mass is 296 g/mol. The predicted octanol–water partition coefficient (Wildman–Crippen LogP) is 3.83. The molecule has 1 heterocycles. The molecule has 1 aromatic carbocycles. The fraction of sp³-hybridized carbons (Fsp3) is 0.462. The van der Waals surface area contributed by atoms with Crippen LogP contribution in [0.5, 0.6) is 0 Å². The Hall–Kier alpha value is -1.03. The number of hydrogen-bond acceptors (Lipinski definition) is 3. The zero-order valence-corrected chi connectivity index (χ0v) is 11.6. The van der Waals surface area contributed by atoms with Crippen molar-refractivity contribution in [3.8, 4) is 0 Å². The number of fused-ring (bicyclic) bond motifs is 1. The van der Waals surface area contributed by atoms with Gasteiger partial charge in [0.1, 0.15) is 5.52 Å². The molecule has 4 heteroatoms. The average Bonchev–Trinajstić information content (AvgIpc) is 2.78. The number of halogens is 1. The molecule has 0 spiro atoms. The van der Waals surface area contributed by atoms with Gasteiger partial charge in [-0.3, -0.25) is 0 Å². The summed E-state index contributed by atoms with van der Waals surface area (Å²) in [5.74, 6) is 0. The molecular weight excluding hydrogens is 280 g/mol. The zero-order valence-electron chi connectivity index (χ0n) is 10.0. The molecule has 0 radical (unpaired) electrons. The van der Waals surface area contributed by atoms with Crippen LogP contribution >= 0.6 is 15.9 Å². The summed E-state index contributed by atoms with van der Waals surface area (Å²) in [4.78, 5) is 6.54. The van der Waals surface area contributed by atoms with Crippen LogP contribution in [0.2, 0.25) is 0 Å². The molecule has 0 bridgehead atoms. The summed E-state index contributed by atoms with van der Waals surface area (Å²) < 4.78 is 5.69. The smallest absolute Gasteiger partial charge is 0.298 e. The maximum Gasteiger partial charge on any atom is 0.298 e. The number of benzene rings is 1. The molecule has 0 amide bonds. The van der Waals surface area contributed by atoms with E-state index < -0.39 is 0 Å². The van der Waals surface area contributed by atoms with Crippen molar-refractivity contribution in [1.29, 1.82) is 0 Å². The molecule has 0 saturated heterocycles. The standard InChI is InChI=1S/C13H17BrN2O/c1-16(10-6-2-5-9-14)13-15-11-7-3-4-8-12(11)17-13/h3-4,7-8H,2,5-6,9-10H2,1H3. The predicted molar refractivity (Wildman–Crippen MR) is 74.9 cm³/mol. The highest BCUT2D eigenvalue weighted by Gasteiger charge is 2.08. The van der Waals surface area contributed by atoms with Gasteiger partial charge < -0.3 is 9.32 Å². The summed E-state index contributed by atoms with van der Waals surface area (Å²) in [5, 5.41) is 1.08. The van der Waals surface area contributed by atoms with E-state index in [0.717, 1.165) is 23.0 Å². The van der Waals surface area contributed by atoms with Crippen LogP contribution in [0, 0.1) is 0 Å². The Morgan fingerprint density at radius 2 is 2.06 bits per heavy atom. The van der Waals surface area contributed by atoms with Crippen molar-refractivity contribution in [2.45, 2.75) is 19.3 Å². The molecule has 2 rings (SSSR count). The van der Waals surface area contributed by atoms with E-state index in [9.17, 15) is 0 Å². The van der Waals surface area contributed by atoms with Crippen LogP contribution in [-0.2, 0) is 0 Å². The fourth-order valence-electron chi connectivity index (χ4n) is 1.74. The minimum Gasteiger partial charge on any atom is -0.423 e. The maximum atomic E-state index is 5.69. The van der Waals surface area contributed by atoms with E-state index >= 15 is 0 Å². The molecule has 0 aliphatic heterocycles. The summed E-state index contributed by atoms with van der Waals surface area (Å²) in [6.07, 6.45) is 3.62. The first-order valence-corrected chi connectivity index (χ1v) is 7.06. The first-order chi connectivity index (χ1) is 8.31. The molecule has 0 atom stereocenters. The molecular formula is C13H17BrN2O. The number of para-hydroxylation sites is 2. The summed E-state index contributed by atoms with van der Waals surface area (Å²) in [7, 11) is 2.03. The third kappa shape index (κ3) is 3.22. The third-order valence-electron chi connectivity index (χ3n) is 2.74. The van der Waals surface area contributed by atoms with Gasteiger partial charge in [-0.25, -0.2) is 0 Å². The van der Waals surface area contributed by atoms with Gasteiger partial charge in [0, 0.05) is 18.9 Å². The maximum absolute atomic E-state index is 5.69. The minimum atomic E-state index is 0.713. The van der Waals surface area contributed by atoms with E-state index in [1.807, 2.05) is 31.3 Å².